The Morgan fingerprint density at radius 1 is 1.08 bits per heavy atom. The van der Waals surface area contributed by atoms with Crippen LogP contribution in [0.1, 0.15) is 68.7 Å². The molecule has 0 aliphatic carbocycles. The summed E-state index contributed by atoms with van der Waals surface area (Å²) in [7, 11) is 0. The molecule has 0 unspecified atom stereocenters. The van der Waals surface area contributed by atoms with Gasteiger partial charge in [-0.2, -0.15) is 13.2 Å². The van der Waals surface area contributed by atoms with Crippen LogP contribution in [-0.2, 0) is 25.8 Å². The first kappa shape index (κ1) is 25.3. The maximum atomic E-state index is 12.9. The van der Waals surface area contributed by atoms with Gasteiger partial charge in [0.1, 0.15) is 0 Å². The number of benzene rings is 1. The quantitative estimate of drug-likeness (QED) is 0.484. The lowest BCUT2D eigenvalue weighted by atomic mass is 9.99. The molecular weight excluding hydrogens is 473 g/mol. The van der Waals surface area contributed by atoms with Gasteiger partial charge >= 0.3 is 12.1 Å². The lowest BCUT2D eigenvalue weighted by Crippen LogP contribution is -2.26. The maximum absolute atomic E-state index is 12.9. The van der Waals surface area contributed by atoms with Crippen LogP contribution in [0.15, 0.2) is 54.9 Å². The van der Waals surface area contributed by atoms with Crippen molar-refractivity contribution in [1.29, 1.82) is 0 Å². The van der Waals surface area contributed by atoms with E-state index in [0.29, 0.717) is 24.3 Å². The van der Waals surface area contributed by atoms with Gasteiger partial charge < -0.3 is 10.4 Å². The molecule has 3 heterocycles. The fourth-order valence-corrected chi connectivity index (χ4v) is 4.38. The standard InChI is InChI=1S/C26H25F3N4O3/c1-15(2)23-22-19(14-33(23)13-16-3-6-20(7-4-16)26(27,28)29)9-18(11-31-22)24(34)32-12-21-8-5-17(10-30-21)25(35)36/h3-11,15,23H,12-14H2,1-2H3,(H,32,34)(H,35,36)/t23-/m0/s1. The Kier molecular flexibility index (Phi) is 7.07. The number of carbonyl (C=O) groups is 2. The van der Waals surface area contributed by atoms with E-state index in [9.17, 15) is 22.8 Å². The van der Waals surface area contributed by atoms with E-state index in [0.717, 1.165) is 29.0 Å². The molecule has 0 radical (unpaired) electrons. The van der Waals surface area contributed by atoms with E-state index in [-0.39, 0.29) is 30.0 Å². The molecule has 0 bridgehead atoms. The number of hydrogen-bond acceptors (Lipinski definition) is 5. The lowest BCUT2D eigenvalue weighted by Gasteiger charge is -2.27. The van der Waals surface area contributed by atoms with Crippen LogP contribution >= 0.6 is 0 Å². The summed E-state index contributed by atoms with van der Waals surface area (Å²) >= 11 is 0. The third-order valence-corrected chi connectivity index (χ3v) is 6.11. The highest BCUT2D eigenvalue weighted by Crippen LogP contribution is 2.39. The topological polar surface area (TPSA) is 95.4 Å². The molecule has 36 heavy (non-hydrogen) atoms. The van der Waals surface area contributed by atoms with Gasteiger partial charge in [0.2, 0.25) is 0 Å². The van der Waals surface area contributed by atoms with Crippen molar-refractivity contribution in [2.45, 2.75) is 45.7 Å². The van der Waals surface area contributed by atoms with Gasteiger partial charge in [-0.15, -0.1) is 0 Å². The minimum atomic E-state index is -4.37. The summed E-state index contributed by atoms with van der Waals surface area (Å²) in [6, 6.07) is 9.89. The number of halogens is 3. The molecule has 1 aromatic carbocycles. The molecule has 2 N–H and O–H groups in total. The van der Waals surface area contributed by atoms with Crippen molar-refractivity contribution in [3.8, 4) is 0 Å². The van der Waals surface area contributed by atoms with Crippen molar-refractivity contribution in [2.75, 3.05) is 0 Å². The van der Waals surface area contributed by atoms with Gasteiger partial charge in [-0.05, 0) is 47.4 Å². The predicted molar refractivity (Wildman–Crippen MR) is 125 cm³/mol. The second-order valence-electron chi connectivity index (χ2n) is 9.08. The molecule has 0 spiro atoms. The van der Waals surface area contributed by atoms with E-state index >= 15 is 0 Å². The second kappa shape index (κ2) is 10.1. The number of nitrogens with zero attached hydrogens (tertiary/aromatic N) is 3. The molecule has 0 saturated carbocycles. The summed E-state index contributed by atoms with van der Waals surface area (Å²) in [5.74, 6) is -1.21. The average molecular weight is 499 g/mol. The molecule has 4 rings (SSSR count). The van der Waals surface area contributed by atoms with Crippen molar-refractivity contribution in [1.82, 2.24) is 20.2 Å². The number of carboxylic acid groups (broad SMARTS) is 1. The normalized spacial score (nSPS) is 15.7. The molecule has 1 amide bonds. The zero-order valence-corrected chi connectivity index (χ0v) is 19.7. The number of carboxylic acids is 1. The van der Waals surface area contributed by atoms with Gasteiger partial charge in [-0.1, -0.05) is 26.0 Å². The number of aromatic carboxylic acids is 1. The van der Waals surface area contributed by atoms with Gasteiger partial charge in [0.05, 0.1) is 40.7 Å². The van der Waals surface area contributed by atoms with Gasteiger partial charge in [-0.25, -0.2) is 4.79 Å². The number of fused-ring (bicyclic) bond motifs is 1. The number of nitrogens with one attached hydrogen (secondary N) is 1. The average Bonchev–Trinajstić information content (AvgIpc) is 3.19. The third kappa shape index (κ3) is 5.54. The summed E-state index contributed by atoms with van der Waals surface area (Å²) in [5.41, 5.74) is 2.81. The van der Waals surface area contributed by atoms with Crippen LogP contribution < -0.4 is 5.32 Å². The van der Waals surface area contributed by atoms with Crippen LogP contribution in [0.4, 0.5) is 13.2 Å². The van der Waals surface area contributed by atoms with Crippen LogP contribution in [0, 0.1) is 5.92 Å². The summed E-state index contributed by atoms with van der Waals surface area (Å²) in [6.07, 6.45) is -1.62. The van der Waals surface area contributed by atoms with Crippen LogP contribution in [-0.4, -0.2) is 31.9 Å². The molecular formula is C26H25F3N4O3. The van der Waals surface area contributed by atoms with Gasteiger partial charge in [-0.3, -0.25) is 19.7 Å². The van der Waals surface area contributed by atoms with Crippen molar-refractivity contribution in [3.05, 3.63) is 94.1 Å². The summed E-state index contributed by atoms with van der Waals surface area (Å²) in [6.45, 7) is 5.22. The first-order valence-corrected chi connectivity index (χ1v) is 11.4. The van der Waals surface area contributed by atoms with E-state index in [2.05, 4.69) is 34.0 Å². The summed E-state index contributed by atoms with van der Waals surface area (Å²) in [4.78, 5) is 34.4. The highest BCUT2D eigenvalue weighted by Gasteiger charge is 2.35. The number of carbonyl (C=O) groups excluding carboxylic acids is 1. The highest BCUT2D eigenvalue weighted by atomic mass is 19.4. The Hall–Kier alpha value is -3.79. The van der Waals surface area contributed by atoms with Crippen LogP contribution in [0.5, 0.6) is 0 Å². The number of amides is 1. The minimum absolute atomic E-state index is 0.0312. The molecule has 0 fully saturated rings. The monoisotopic (exact) mass is 498 g/mol. The van der Waals surface area contributed by atoms with Crippen molar-refractivity contribution >= 4 is 11.9 Å². The van der Waals surface area contributed by atoms with Gasteiger partial charge in [0.15, 0.2) is 0 Å². The molecule has 10 heteroatoms. The Labute approximate surface area is 206 Å². The summed E-state index contributed by atoms with van der Waals surface area (Å²) in [5, 5.41) is 11.7. The van der Waals surface area contributed by atoms with Crippen LogP contribution in [0.25, 0.3) is 0 Å². The minimum Gasteiger partial charge on any atom is -0.478 e. The molecule has 2 aromatic heterocycles. The smallest absolute Gasteiger partial charge is 0.416 e. The SMILES string of the molecule is CC(C)[C@H]1c2ncc(C(=O)NCc3ccc(C(=O)O)cn3)cc2CN1Cc1ccc(C(F)(F)F)cc1. The zero-order chi connectivity index (χ0) is 26.0. The summed E-state index contributed by atoms with van der Waals surface area (Å²) < 4.78 is 38.7. The number of pyridine rings is 2. The number of hydrogen-bond donors (Lipinski definition) is 2. The van der Waals surface area contributed by atoms with Crippen molar-refractivity contribution in [2.24, 2.45) is 5.92 Å². The van der Waals surface area contributed by atoms with Gasteiger partial charge in [0, 0.05) is 25.5 Å². The zero-order valence-electron chi connectivity index (χ0n) is 19.7. The second-order valence-corrected chi connectivity index (χ2v) is 9.08. The molecule has 1 aliphatic rings. The molecule has 1 atom stereocenters. The maximum Gasteiger partial charge on any atom is 0.416 e. The van der Waals surface area contributed by atoms with E-state index in [4.69, 9.17) is 5.11 Å². The van der Waals surface area contributed by atoms with Crippen LogP contribution in [0.3, 0.4) is 0 Å². The third-order valence-electron chi connectivity index (χ3n) is 6.11. The lowest BCUT2D eigenvalue weighted by molar-refractivity contribution is -0.137. The number of rotatable bonds is 7. The molecule has 188 valence electrons. The van der Waals surface area contributed by atoms with E-state index in [1.54, 1.807) is 6.07 Å². The fraction of sp³-hybridized carbons (Fsp3) is 0.308. The Balaban J connectivity index is 1.45. The number of aromatic nitrogens is 2. The molecule has 7 nitrogen and oxygen atoms in total. The fourth-order valence-electron chi connectivity index (χ4n) is 4.38. The predicted octanol–water partition coefficient (Wildman–Crippen LogP) is 4.84. The molecule has 1 aliphatic heterocycles. The Bertz CT molecular complexity index is 1260. The van der Waals surface area contributed by atoms with E-state index in [1.165, 1.54) is 36.7 Å². The molecule has 0 saturated heterocycles. The van der Waals surface area contributed by atoms with Crippen LogP contribution in [0.2, 0.25) is 0 Å². The van der Waals surface area contributed by atoms with E-state index in [1.807, 2.05) is 0 Å². The Morgan fingerprint density at radius 2 is 1.78 bits per heavy atom. The van der Waals surface area contributed by atoms with Gasteiger partial charge in [0.25, 0.3) is 5.91 Å². The highest BCUT2D eigenvalue weighted by molar-refractivity contribution is 5.94. The first-order valence-electron chi connectivity index (χ1n) is 11.4. The first-order chi connectivity index (χ1) is 17.0. The Morgan fingerprint density at radius 3 is 2.36 bits per heavy atom. The molecule has 3 aromatic rings. The van der Waals surface area contributed by atoms with E-state index < -0.39 is 17.7 Å². The van der Waals surface area contributed by atoms with Crippen molar-refractivity contribution in [3.63, 3.8) is 0 Å². The number of alkyl halides is 3. The largest absolute Gasteiger partial charge is 0.478 e. The van der Waals surface area contributed by atoms with Crippen molar-refractivity contribution < 1.29 is 27.9 Å².